The number of aryl methyl sites for hydroxylation is 4. The van der Waals surface area contributed by atoms with Crippen LogP contribution in [0, 0.1) is 13.8 Å². The lowest BCUT2D eigenvalue weighted by atomic mass is 9.85. The molecule has 1 aromatic heterocycles. The van der Waals surface area contributed by atoms with Gasteiger partial charge in [0.1, 0.15) is 0 Å². The van der Waals surface area contributed by atoms with Gasteiger partial charge in [0.05, 0.1) is 12.1 Å². The number of carbonyl (C=O) groups excluding carboxylic acids is 1. The van der Waals surface area contributed by atoms with Crippen molar-refractivity contribution in [2.45, 2.75) is 52.6 Å². The Morgan fingerprint density at radius 3 is 1.72 bits per heavy atom. The molecule has 53 heavy (non-hydrogen) atoms. The molecule has 0 saturated carbocycles. The quantitative estimate of drug-likeness (QED) is 0.200. The van der Waals surface area contributed by atoms with Crippen LogP contribution in [-0.2, 0) is 25.9 Å². The zero-order valence-corrected chi connectivity index (χ0v) is 30.2. The van der Waals surface area contributed by atoms with E-state index in [2.05, 4.69) is 115 Å². The summed E-state index contributed by atoms with van der Waals surface area (Å²) >= 11 is 0. The minimum Gasteiger partial charge on any atom is -0.478 e. The van der Waals surface area contributed by atoms with Gasteiger partial charge in [-0.3, -0.25) is 4.79 Å². The van der Waals surface area contributed by atoms with Crippen molar-refractivity contribution in [3.63, 3.8) is 0 Å². The number of fused-ring (bicyclic) bond motifs is 4. The lowest BCUT2D eigenvalue weighted by Crippen LogP contribution is -2.30. The second kappa shape index (κ2) is 14.4. The number of carboxylic acid groups (broad SMARTS) is 1. The number of rotatable bonds is 4. The molecule has 0 fully saturated rings. The number of nitrogens with zero attached hydrogens (tertiary/aromatic N) is 2. The molecule has 1 N–H and O–H groups in total. The number of hydrogen-bond donors (Lipinski definition) is 1. The first-order valence-corrected chi connectivity index (χ1v) is 18.4. The zero-order valence-electron chi connectivity index (χ0n) is 30.2. The number of aromatic carboxylic acids is 1. The molecule has 5 aromatic carbocycles. The van der Waals surface area contributed by atoms with E-state index in [0.29, 0.717) is 12.1 Å². The maximum atomic E-state index is 13.8. The standard InChI is InChI=1S/C30H26N2O.C18H16O2/c1-21-18-23(15-16-26(21)28-13-6-10-22-8-2-4-12-27(22)28)30(33)32-20-25-11-7-17-31(25)19-24-9-3-5-14-29(24)32;1-12-11-14(18(19)20)9-10-15(12)17-8-4-6-13-5-2-3-7-16(13)17/h2-5,7-9,11-18H,6,10,19-20H2,1H3;2-3,5,7-11H,4,6H2,1H3,(H,19,20). The minimum atomic E-state index is -0.877. The highest BCUT2D eigenvalue weighted by atomic mass is 16.4. The maximum absolute atomic E-state index is 13.8. The van der Waals surface area contributed by atoms with E-state index in [1.807, 2.05) is 36.1 Å². The molecule has 0 unspecified atom stereocenters. The van der Waals surface area contributed by atoms with E-state index in [9.17, 15) is 9.59 Å². The van der Waals surface area contributed by atoms with E-state index < -0.39 is 5.97 Å². The average molecular weight is 695 g/mol. The summed E-state index contributed by atoms with van der Waals surface area (Å²) in [6, 6.07) is 41.0. The van der Waals surface area contributed by atoms with Gasteiger partial charge in [-0.2, -0.15) is 0 Å². The molecule has 0 radical (unpaired) electrons. The second-order valence-electron chi connectivity index (χ2n) is 14.1. The molecule has 0 saturated heterocycles. The third-order valence-electron chi connectivity index (χ3n) is 10.8. The summed E-state index contributed by atoms with van der Waals surface area (Å²) in [7, 11) is 0. The van der Waals surface area contributed by atoms with Crippen molar-refractivity contribution in [3.05, 3.63) is 207 Å². The van der Waals surface area contributed by atoms with Gasteiger partial charge < -0.3 is 14.6 Å². The van der Waals surface area contributed by atoms with Crippen LogP contribution in [0.5, 0.6) is 0 Å². The van der Waals surface area contributed by atoms with Crippen molar-refractivity contribution in [3.8, 4) is 0 Å². The van der Waals surface area contributed by atoms with Crippen LogP contribution in [-0.4, -0.2) is 21.6 Å². The predicted molar refractivity (Wildman–Crippen MR) is 213 cm³/mol. The van der Waals surface area contributed by atoms with Gasteiger partial charge in [-0.1, -0.05) is 91.0 Å². The van der Waals surface area contributed by atoms with Gasteiger partial charge in [-0.05, 0) is 143 Å². The number of anilines is 1. The van der Waals surface area contributed by atoms with Crippen molar-refractivity contribution >= 4 is 28.7 Å². The number of amides is 1. The van der Waals surface area contributed by atoms with Crippen LogP contribution < -0.4 is 4.90 Å². The fraction of sp³-hybridized carbons (Fsp3) is 0.167. The lowest BCUT2D eigenvalue weighted by Gasteiger charge is -2.24. The van der Waals surface area contributed by atoms with Crippen molar-refractivity contribution in [2.75, 3.05) is 4.90 Å². The Morgan fingerprint density at radius 2 is 1.11 bits per heavy atom. The van der Waals surface area contributed by atoms with Crippen molar-refractivity contribution in [2.24, 2.45) is 0 Å². The van der Waals surface area contributed by atoms with E-state index in [4.69, 9.17) is 5.11 Å². The van der Waals surface area contributed by atoms with E-state index in [0.717, 1.165) is 71.4 Å². The lowest BCUT2D eigenvalue weighted by molar-refractivity contribution is 0.0696. The molecule has 3 aliphatic rings. The van der Waals surface area contributed by atoms with E-state index in [1.165, 1.54) is 39.0 Å². The third kappa shape index (κ3) is 6.67. The zero-order chi connectivity index (χ0) is 36.5. The Kier molecular flexibility index (Phi) is 9.24. The number of para-hydroxylation sites is 1. The Labute approximate surface area is 311 Å². The molecule has 1 aliphatic heterocycles. The summed E-state index contributed by atoms with van der Waals surface area (Å²) in [4.78, 5) is 26.7. The van der Waals surface area contributed by atoms with Crippen LogP contribution in [0.2, 0.25) is 0 Å². The van der Waals surface area contributed by atoms with E-state index in [-0.39, 0.29) is 5.91 Å². The summed E-state index contributed by atoms with van der Waals surface area (Å²) in [6.07, 6.45) is 10.9. The summed E-state index contributed by atoms with van der Waals surface area (Å²) in [5.41, 5.74) is 16.7. The average Bonchev–Trinajstić information content (AvgIpc) is 3.56. The molecule has 2 aliphatic carbocycles. The Morgan fingerprint density at radius 1 is 0.566 bits per heavy atom. The van der Waals surface area contributed by atoms with E-state index in [1.54, 1.807) is 12.1 Å². The first kappa shape index (κ1) is 33.9. The molecule has 262 valence electrons. The van der Waals surface area contributed by atoms with Gasteiger partial charge in [-0.15, -0.1) is 0 Å². The van der Waals surface area contributed by atoms with Crippen molar-refractivity contribution in [1.82, 2.24) is 4.57 Å². The number of carbonyl (C=O) groups is 2. The van der Waals surface area contributed by atoms with Gasteiger partial charge >= 0.3 is 5.97 Å². The Bertz CT molecular complexity index is 2450. The first-order valence-electron chi connectivity index (χ1n) is 18.4. The van der Waals surface area contributed by atoms with Gasteiger partial charge in [0, 0.05) is 29.7 Å². The molecule has 6 aromatic rings. The normalized spacial score (nSPS) is 14.2. The number of carboxylic acids is 1. The van der Waals surface area contributed by atoms with Crippen LogP contribution in [0.15, 0.2) is 140 Å². The molecular weight excluding hydrogens is 653 g/mol. The van der Waals surface area contributed by atoms with Gasteiger partial charge in [0.2, 0.25) is 0 Å². The first-order chi connectivity index (χ1) is 25.9. The Hall–Kier alpha value is -6.20. The molecule has 5 nitrogen and oxygen atoms in total. The molecule has 1 amide bonds. The molecule has 0 bridgehead atoms. The molecular formula is C48H42N2O3. The fourth-order valence-corrected chi connectivity index (χ4v) is 8.10. The SMILES string of the molecule is Cc1cc(C(=O)N2Cc3cccn3Cc3ccccc32)ccc1C1=CCCc2ccccc21.Cc1cc(C(=O)O)ccc1C1=CCCc2ccccc21. The molecule has 0 atom stereocenters. The highest BCUT2D eigenvalue weighted by molar-refractivity contribution is 6.07. The number of benzene rings is 5. The van der Waals surface area contributed by atoms with Crippen LogP contribution in [0.25, 0.3) is 11.1 Å². The molecule has 9 rings (SSSR count). The number of aromatic nitrogens is 1. The van der Waals surface area contributed by atoms with Gasteiger partial charge in [-0.25, -0.2) is 4.79 Å². The second-order valence-corrected chi connectivity index (χ2v) is 14.1. The van der Waals surface area contributed by atoms with E-state index >= 15 is 0 Å². The van der Waals surface area contributed by atoms with Crippen LogP contribution in [0.3, 0.4) is 0 Å². The third-order valence-corrected chi connectivity index (χ3v) is 10.8. The molecule has 2 heterocycles. The number of hydrogen-bond acceptors (Lipinski definition) is 2. The Balaban J connectivity index is 0.000000171. The summed E-state index contributed by atoms with van der Waals surface area (Å²) in [5, 5.41) is 9.05. The molecule has 5 heteroatoms. The summed E-state index contributed by atoms with van der Waals surface area (Å²) in [6.45, 7) is 5.45. The van der Waals surface area contributed by atoms with Gasteiger partial charge in [0.15, 0.2) is 0 Å². The topological polar surface area (TPSA) is 62.5 Å². The number of allylic oxidation sites excluding steroid dienone is 2. The molecule has 0 spiro atoms. The highest BCUT2D eigenvalue weighted by Crippen LogP contribution is 2.36. The van der Waals surface area contributed by atoms with Crippen molar-refractivity contribution < 1.29 is 14.7 Å². The van der Waals surface area contributed by atoms with Crippen molar-refractivity contribution in [1.29, 1.82) is 0 Å². The largest absolute Gasteiger partial charge is 0.478 e. The predicted octanol–water partition coefficient (Wildman–Crippen LogP) is 10.5. The summed E-state index contributed by atoms with van der Waals surface area (Å²) < 4.78 is 2.23. The smallest absolute Gasteiger partial charge is 0.335 e. The summed E-state index contributed by atoms with van der Waals surface area (Å²) in [5.74, 6) is -0.831. The maximum Gasteiger partial charge on any atom is 0.335 e. The highest BCUT2D eigenvalue weighted by Gasteiger charge is 2.26. The van der Waals surface area contributed by atoms with Crippen LogP contribution in [0.1, 0.15) is 89.3 Å². The minimum absolute atomic E-state index is 0.0461. The van der Waals surface area contributed by atoms with Crippen LogP contribution >= 0.6 is 0 Å². The van der Waals surface area contributed by atoms with Gasteiger partial charge in [0.25, 0.3) is 5.91 Å². The fourth-order valence-electron chi connectivity index (χ4n) is 8.10. The monoisotopic (exact) mass is 694 g/mol. The van der Waals surface area contributed by atoms with Crippen LogP contribution in [0.4, 0.5) is 5.69 Å².